The molecule has 0 aliphatic carbocycles. The van der Waals surface area contributed by atoms with E-state index in [0.717, 1.165) is 7.11 Å². The van der Waals surface area contributed by atoms with Crippen molar-refractivity contribution in [3.8, 4) is 0 Å². The zero-order valence-electron chi connectivity index (χ0n) is 8.22. The van der Waals surface area contributed by atoms with Gasteiger partial charge in [0, 0.05) is 6.20 Å². The number of nitrogens with zero attached hydrogens (tertiary/aromatic N) is 1. The molecule has 0 bridgehead atoms. The van der Waals surface area contributed by atoms with Crippen LogP contribution in [0, 0.1) is 0 Å². The fourth-order valence-electron chi connectivity index (χ4n) is 1.04. The van der Waals surface area contributed by atoms with Crippen LogP contribution in [0.25, 0.3) is 0 Å². The van der Waals surface area contributed by atoms with E-state index in [2.05, 4.69) is 9.72 Å². The van der Waals surface area contributed by atoms with E-state index in [1.807, 2.05) is 0 Å². The summed E-state index contributed by atoms with van der Waals surface area (Å²) in [6.45, 7) is 0. The number of hydrogen-bond acceptors (Lipinski definition) is 5. The van der Waals surface area contributed by atoms with Crippen molar-refractivity contribution in [2.75, 3.05) is 7.11 Å². The topological polar surface area (TPSA) is 79.7 Å². The zero-order chi connectivity index (χ0) is 12.3. The molecule has 0 aromatic carbocycles. The zero-order valence-corrected chi connectivity index (χ0v) is 9.74. The van der Waals surface area contributed by atoms with Gasteiger partial charge >= 0.3 is 5.97 Å². The largest absolute Gasteiger partial charge is 0.467 e. The van der Waals surface area contributed by atoms with Gasteiger partial charge in [-0.25, -0.2) is 4.79 Å². The summed E-state index contributed by atoms with van der Waals surface area (Å²) in [6, 6.07) is 1.35. The molecule has 0 aliphatic heterocycles. The lowest BCUT2D eigenvalue weighted by atomic mass is 10.1. The van der Waals surface area contributed by atoms with Crippen LogP contribution in [0.15, 0.2) is 12.3 Å². The van der Waals surface area contributed by atoms with Gasteiger partial charge in [-0.3, -0.25) is 4.98 Å². The molecule has 1 aromatic rings. The normalized spacial score (nSPS) is 14.3. The number of aromatic nitrogens is 1. The maximum atomic E-state index is 11.0. The van der Waals surface area contributed by atoms with Crippen molar-refractivity contribution in [1.82, 2.24) is 4.98 Å². The average molecular weight is 266 g/mol. The molecule has 0 amide bonds. The summed E-state index contributed by atoms with van der Waals surface area (Å²) in [5, 5.41) is 19.3. The lowest BCUT2D eigenvalue weighted by molar-refractivity contribution is -0.157. The lowest BCUT2D eigenvalue weighted by Gasteiger charge is -2.16. The number of methoxy groups -OCH3 is 1. The van der Waals surface area contributed by atoms with Crippen LogP contribution in [0.1, 0.15) is 11.8 Å². The molecule has 5 nitrogen and oxygen atoms in total. The lowest BCUT2D eigenvalue weighted by Crippen LogP contribution is -2.29. The molecule has 1 aromatic heterocycles. The van der Waals surface area contributed by atoms with Crippen LogP contribution in [-0.4, -0.2) is 34.4 Å². The number of carbonyl (C=O) groups excluding carboxylic acids is 1. The third kappa shape index (κ3) is 2.82. The minimum absolute atomic E-state index is 0.0380. The number of ether oxygens (including phenoxy) is 1. The average Bonchev–Trinajstić information content (AvgIpc) is 2.26. The first-order chi connectivity index (χ1) is 7.47. The van der Waals surface area contributed by atoms with Gasteiger partial charge in [0.05, 0.1) is 22.8 Å². The predicted octanol–water partition coefficient (Wildman–Crippen LogP) is 0.956. The van der Waals surface area contributed by atoms with Gasteiger partial charge in [0.2, 0.25) is 0 Å². The first kappa shape index (κ1) is 13.2. The summed E-state index contributed by atoms with van der Waals surface area (Å²) < 4.78 is 4.27. The molecule has 0 saturated carbocycles. The third-order valence-electron chi connectivity index (χ3n) is 1.86. The summed E-state index contributed by atoms with van der Waals surface area (Å²) in [7, 11) is 1.09. The van der Waals surface area contributed by atoms with Crippen LogP contribution >= 0.6 is 23.2 Å². The second-order valence-electron chi connectivity index (χ2n) is 2.93. The Morgan fingerprint density at radius 3 is 2.62 bits per heavy atom. The highest BCUT2D eigenvalue weighted by atomic mass is 35.5. The van der Waals surface area contributed by atoms with Gasteiger partial charge in [-0.2, -0.15) is 0 Å². The molecule has 2 N–H and O–H groups in total. The van der Waals surface area contributed by atoms with Gasteiger partial charge in [0.1, 0.15) is 6.10 Å². The quantitative estimate of drug-likeness (QED) is 0.796. The van der Waals surface area contributed by atoms with Crippen molar-refractivity contribution in [3.63, 3.8) is 0 Å². The summed E-state index contributed by atoms with van der Waals surface area (Å²) in [4.78, 5) is 14.7. The second kappa shape index (κ2) is 5.45. The van der Waals surface area contributed by atoms with E-state index in [0.29, 0.717) is 0 Å². The molecule has 0 aliphatic rings. The van der Waals surface area contributed by atoms with Gasteiger partial charge in [-0.1, -0.05) is 23.2 Å². The summed E-state index contributed by atoms with van der Waals surface area (Å²) in [5.41, 5.74) is -0.0380. The van der Waals surface area contributed by atoms with Gasteiger partial charge in [0.25, 0.3) is 0 Å². The number of aliphatic hydroxyl groups is 2. The van der Waals surface area contributed by atoms with E-state index < -0.39 is 18.2 Å². The van der Waals surface area contributed by atoms with Crippen molar-refractivity contribution in [3.05, 3.63) is 28.0 Å². The van der Waals surface area contributed by atoms with Crippen molar-refractivity contribution in [1.29, 1.82) is 0 Å². The highest BCUT2D eigenvalue weighted by Crippen LogP contribution is 2.25. The third-order valence-corrected chi connectivity index (χ3v) is 2.37. The molecule has 1 rings (SSSR count). The fraction of sp³-hybridized carbons (Fsp3) is 0.333. The highest BCUT2D eigenvalue weighted by molar-refractivity contribution is 6.34. The van der Waals surface area contributed by atoms with Crippen molar-refractivity contribution in [2.24, 2.45) is 0 Å². The maximum Gasteiger partial charge on any atom is 0.337 e. The Morgan fingerprint density at radius 1 is 1.50 bits per heavy atom. The smallest absolute Gasteiger partial charge is 0.337 e. The van der Waals surface area contributed by atoms with E-state index >= 15 is 0 Å². The maximum absolute atomic E-state index is 11.0. The number of halogens is 2. The van der Waals surface area contributed by atoms with E-state index in [4.69, 9.17) is 23.2 Å². The van der Waals surface area contributed by atoms with Crippen molar-refractivity contribution < 1.29 is 19.7 Å². The Bertz CT molecular complexity index is 399. The molecule has 2 unspecified atom stereocenters. The molecule has 88 valence electrons. The minimum atomic E-state index is -1.74. The van der Waals surface area contributed by atoms with Crippen molar-refractivity contribution >= 4 is 29.2 Å². The summed E-state index contributed by atoms with van der Waals surface area (Å²) in [6.07, 6.45) is -2.05. The monoisotopic (exact) mass is 265 g/mol. The van der Waals surface area contributed by atoms with Gasteiger partial charge in [-0.05, 0) is 6.07 Å². The number of carbonyl (C=O) groups is 1. The van der Waals surface area contributed by atoms with E-state index in [9.17, 15) is 15.0 Å². The van der Waals surface area contributed by atoms with E-state index in [1.165, 1.54) is 12.3 Å². The van der Waals surface area contributed by atoms with Gasteiger partial charge < -0.3 is 14.9 Å². The predicted molar refractivity (Wildman–Crippen MR) is 57.2 cm³/mol. The van der Waals surface area contributed by atoms with Crippen LogP contribution in [0.3, 0.4) is 0 Å². The first-order valence-corrected chi connectivity index (χ1v) is 4.98. The summed E-state index contributed by atoms with van der Waals surface area (Å²) >= 11 is 11.4. The van der Waals surface area contributed by atoms with Crippen LogP contribution in [0.5, 0.6) is 0 Å². The first-order valence-electron chi connectivity index (χ1n) is 4.22. The minimum Gasteiger partial charge on any atom is -0.467 e. The second-order valence-corrected chi connectivity index (χ2v) is 3.78. The Hall–Kier alpha value is -0.880. The van der Waals surface area contributed by atoms with E-state index in [-0.39, 0.29) is 15.7 Å². The van der Waals surface area contributed by atoms with Crippen LogP contribution in [-0.2, 0) is 9.53 Å². The molecular formula is C9H9Cl2NO4. The van der Waals surface area contributed by atoms with E-state index in [1.54, 1.807) is 0 Å². The summed E-state index contributed by atoms with van der Waals surface area (Å²) in [5.74, 6) is -0.972. The number of pyridine rings is 1. The Kier molecular flexibility index (Phi) is 4.49. The molecule has 7 heteroatoms. The molecule has 16 heavy (non-hydrogen) atoms. The number of hydrogen-bond donors (Lipinski definition) is 2. The van der Waals surface area contributed by atoms with Crippen LogP contribution in [0.4, 0.5) is 0 Å². The van der Waals surface area contributed by atoms with Crippen molar-refractivity contribution in [2.45, 2.75) is 12.2 Å². The molecule has 0 saturated heterocycles. The molecule has 2 atom stereocenters. The standard InChI is InChI=1S/C9H9Cl2NO4/c1-16-9(15)8(14)7(13)6-5(11)2-4(10)3-12-6/h2-3,7-8,13-14H,1H3. The van der Waals surface area contributed by atoms with Crippen LogP contribution < -0.4 is 0 Å². The Morgan fingerprint density at radius 2 is 2.12 bits per heavy atom. The SMILES string of the molecule is COC(=O)C(O)C(O)c1ncc(Cl)cc1Cl. The molecule has 0 radical (unpaired) electrons. The van der Waals surface area contributed by atoms with Gasteiger partial charge in [-0.15, -0.1) is 0 Å². The fourth-order valence-corrected chi connectivity index (χ4v) is 1.53. The number of rotatable bonds is 3. The van der Waals surface area contributed by atoms with Gasteiger partial charge in [0.15, 0.2) is 6.10 Å². The molecule has 1 heterocycles. The van der Waals surface area contributed by atoms with Crippen LogP contribution in [0.2, 0.25) is 10.0 Å². The Balaban J connectivity index is 2.96. The number of aliphatic hydroxyl groups excluding tert-OH is 2. The highest BCUT2D eigenvalue weighted by Gasteiger charge is 2.29. The molecular weight excluding hydrogens is 257 g/mol. The molecule has 0 spiro atoms. The number of esters is 1. The molecule has 0 fully saturated rings. The Labute approximate surface area is 102 Å².